The minimum atomic E-state index is -3.31. The maximum atomic E-state index is 13.7. The monoisotopic (exact) mass is 391 g/mol. The quantitative estimate of drug-likeness (QED) is 0.533. The predicted octanol–water partition coefficient (Wildman–Crippen LogP) is 3.81. The summed E-state index contributed by atoms with van der Waals surface area (Å²) in [5.74, 6) is -1.89. The van der Waals surface area contributed by atoms with E-state index in [0.717, 1.165) is 28.8 Å². The first-order valence-corrected chi connectivity index (χ1v) is 10.1. The van der Waals surface area contributed by atoms with Crippen molar-refractivity contribution in [2.75, 3.05) is 6.26 Å². The highest BCUT2D eigenvalue weighted by molar-refractivity contribution is 7.90. The molecule has 4 rings (SSSR count). The predicted molar refractivity (Wildman–Crippen MR) is 94.8 cm³/mol. The van der Waals surface area contributed by atoms with Crippen LogP contribution in [0.2, 0.25) is 0 Å². The minimum absolute atomic E-state index is 0.204. The zero-order valence-corrected chi connectivity index (χ0v) is 15.0. The molecular formula is C17H11F2N3O2S2. The highest BCUT2D eigenvalue weighted by atomic mass is 32.2. The third-order valence-corrected chi connectivity index (χ3v) is 6.10. The number of hydrogen-bond acceptors (Lipinski definition) is 5. The summed E-state index contributed by atoms with van der Waals surface area (Å²) >= 11 is 1.33. The lowest BCUT2D eigenvalue weighted by atomic mass is 10.1. The molecule has 0 aliphatic rings. The topological polar surface area (TPSA) is 64.3 Å². The molecule has 2 heterocycles. The van der Waals surface area contributed by atoms with E-state index < -0.39 is 21.5 Å². The van der Waals surface area contributed by atoms with Crippen LogP contribution in [0.25, 0.3) is 26.7 Å². The van der Waals surface area contributed by atoms with Crippen molar-refractivity contribution in [2.24, 2.45) is 0 Å². The van der Waals surface area contributed by atoms with Crippen LogP contribution in [0.15, 0.2) is 53.7 Å². The van der Waals surface area contributed by atoms with Crippen molar-refractivity contribution in [2.45, 2.75) is 4.90 Å². The molecule has 0 bridgehead atoms. The fraction of sp³-hybridized carbons (Fsp3) is 0.0588. The van der Waals surface area contributed by atoms with Gasteiger partial charge in [0.2, 0.25) is 4.96 Å². The Kier molecular flexibility index (Phi) is 3.85. The largest absolute Gasteiger partial charge is 0.224 e. The number of rotatable bonds is 3. The third-order valence-electron chi connectivity index (χ3n) is 3.87. The molecule has 132 valence electrons. The number of benzene rings is 2. The zero-order chi connectivity index (χ0) is 18.5. The summed E-state index contributed by atoms with van der Waals surface area (Å²) in [5.41, 5.74) is 1.74. The van der Waals surface area contributed by atoms with E-state index in [4.69, 9.17) is 0 Å². The normalized spacial score (nSPS) is 12.0. The molecule has 0 saturated heterocycles. The highest BCUT2D eigenvalue weighted by Crippen LogP contribution is 2.39. The lowest BCUT2D eigenvalue weighted by Crippen LogP contribution is -1.96. The number of sulfone groups is 1. The molecule has 0 amide bonds. The Hall–Kier alpha value is -2.65. The Labute approximate surface area is 151 Å². The van der Waals surface area contributed by atoms with Crippen molar-refractivity contribution in [3.8, 4) is 21.7 Å². The number of nitrogens with zero attached hydrogens (tertiary/aromatic N) is 3. The summed E-state index contributed by atoms with van der Waals surface area (Å²) in [6, 6.07) is 9.99. The van der Waals surface area contributed by atoms with Gasteiger partial charge in [-0.15, -0.1) is 0 Å². The summed E-state index contributed by atoms with van der Waals surface area (Å²) in [6.45, 7) is 0. The Balaban J connectivity index is 1.93. The van der Waals surface area contributed by atoms with Crippen LogP contribution in [-0.4, -0.2) is 29.3 Å². The summed E-state index contributed by atoms with van der Waals surface area (Å²) in [5, 5.41) is 4.15. The van der Waals surface area contributed by atoms with Gasteiger partial charge in [-0.25, -0.2) is 26.7 Å². The first-order chi connectivity index (χ1) is 12.3. The number of thiazole rings is 1. The van der Waals surface area contributed by atoms with Crippen LogP contribution >= 0.6 is 11.3 Å². The van der Waals surface area contributed by atoms with E-state index in [1.54, 1.807) is 16.6 Å². The van der Waals surface area contributed by atoms with E-state index in [1.165, 1.54) is 35.9 Å². The van der Waals surface area contributed by atoms with Gasteiger partial charge in [-0.3, -0.25) is 0 Å². The fourth-order valence-corrected chi connectivity index (χ4v) is 4.33. The molecule has 0 atom stereocenters. The van der Waals surface area contributed by atoms with Gasteiger partial charge in [-0.2, -0.15) is 5.10 Å². The average molecular weight is 391 g/mol. The Morgan fingerprint density at radius 2 is 1.69 bits per heavy atom. The van der Waals surface area contributed by atoms with Crippen molar-refractivity contribution in [3.63, 3.8) is 0 Å². The van der Waals surface area contributed by atoms with Crippen LogP contribution in [-0.2, 0) is 9.84 Å². The van der Waals surface area contributed by atoms with Gasteiger partial charge in [0.15, 0.2) is 21.5 Å². The second kappa shape index (κ2) is 5.96. The smallest absolute Gasteiger partial charge is 0.213 e. The molecule has 2 aromatic carbocycles. The molecule has 2 aromatic heterocycles. The molecule has 0 saturated carbocycles. The van der Waals surface area contributed by atoms with Crippen LogP contribution in [0.1, 0.15) is 0 Å². The van der Waals surface area contributed by atoms with Crippen molar-refractivity contribution >= 4 is 26.1 Å². The van der Waals surface area contributed by atoms with Gasteiger partial charge in [-0.05, 0) is 35.9 Å². The first kappa shape index (κ1) is 16.8. The van der Waals surface area contributed by atoms with Crippen LogP contribution in [0.5, 0.6) is 0 Å². The molecule has 0 spiro atoms. The maximum Gasteiger partial charge on any atom is 0.213 e. The maximum absolute atomic E-state index is 13.7. The lowest BCUT2D eigenvalue weighted by molar-refractivity contribution is 0.509. The van der Waals surface area contributed by atoms with Crippen molar-refractivity contribution in [1.82, 2.24) is 14.6 Å². The molecule has 26 heavy (non-hydrogen) atoms. The Morgan fingerprint density at radius 3 is 2.35 bits per heavy atom. The van der Waals surface area contributed by atoms with Crippen molar-refractivity contribution in [3.05, 3.63) is 60.4 Å². The summed E-state index contributed by atoms with van der Waals surface area (Å²) in [6.07, 6.45) is 2.52. The van der Waals surface area contributed by atoms with E-state index in [2.05, 4.69) is 10.1 Å². The Morgan fingerprint density at radius 1 is 1.00 bits per heavy atom. The standard InChI is InChI=1S/C17H11F2N3O2S2/c1-26(23,24)12-5-2-10(3-6-12)16-15(22-17(25-16)20-9-21-22)11-4-7-13(18)14(19)8-11/h2-9H,1H3. The third kappa shape index (κ3) is 2.78. The molecule has 4 aromatic rings. The van der Waals surface area contributed by atoms with Crippen molar-refractivity contribution < 1.29 is 17.2 Å². The molecule has 0 fully saturated rings. The van der Waals surface area contributed by atoms with Crippen LogP contribution < -0.4 is 0 Å². The van der Waals surface area contributed by atoms with Crippen molar-refractivity contribution in [1.29, 1.82) is 0 Å². The van der Waals surface area contributed by atoms with Crippen LogP contribution in [0, 0.1) is 11.6 Å². The summed E-state index contributed by atoms with van der Waals surface area (Å²) in [7, 11) is -3.31. The van der Waals surface area contributed by atoms with Gasteiger partial charge in [0.1, 0.15) is 6.33 Å². The molecular weight excluding hydrogens is 380 g/mol. The van der Waals surface area contributed by atoms with Gasteiger partial charge in [-0.1, -0.05) is 23.5 Å². The molecule has 0 aliphatic heterocycles. The molecule has 0 radical (unpaired) electrons. The van der Waals surface area contributed by atoms with E-state index in [0.29, 0.717) is 16.2 Å². The molecule has 0 unspecified atom stereocenters. The lowest BCUT2D eigenvalue weighted by Gasteiger charge is -2.06. The molecule has 0 N–H and O–H groups in total. The highest BCUT2D eigenvalue weighted by Gasteiger charge is 2.19. The zero-order valence-electron chi connectivity index (χ0n) is 13.3. The Bertz CT molecular complexity index is 1230. The fourth-order valence-electron chi connectivity index (χ4n) is 2.64. The molecule has 0 aliphatic carbocycles. The SMILES string of the molecule is CS(=O)(=O)c1ccc(-c2sc3ncnn3c2-c2ccc(F)c(F)c2)cc1. The number of halogens is 2. The van der Waals surface area contributed by atoms with E-state index in [9.17, 15) is 17.2 Å². The first-order valence-electron chi connectivity index (χ1n) is 7.43. The summed E-state index contributed by atoms with van der Waals surface area (Å²) < 4.78 is 51.9. The van der Waals surface area contributed by atoms with Gasteiger partial charge < -0.3 is 0 Å². The minimum Gasteiger partial charge on any atom is -0.224 e. The number of fused-ring (bicyclic) bond motifs is 1. The van der Waals surface area contributed by atoms with Crippen LogP contribution in [0.4, 0.5) is 8.78 Å². The van der Waals surface area contributed by atoms with Crippen LogP contribution in [0.3, 0.4) is 0 Å². The number of hydrogen-bond donors (Lipinski definition) is 0. The average Bonchev–Trinajstić information content (AvgIpc) is 3.17. The molecule has 9 heteroatoms. The van der Waals surface area contributed by atoms with Gasteiger partial charge in [0.05, 0.1) is 15.5 Å². The number of aromatic nitrogens is 3. The van der Waals surface area contributed by atoms with Gasteiger partial charge >= 0.3 is 0 Å². The van der Waals surface area contributed by atoms with Gasteiger partial charge in [0, 0.05) is 11.8 Å². The summed E-state index contributed by atoms with van der Waals surface area (Å²) in [4.78, 5) is 5.68. The molecule has 5 nitrogen and oxygen atoms in total. The van der Waals surface area contributed by atoms with E-state index in [-0.39, 0.29) is 4.90 Å². The second-order valence-corrected chi connectivity index (χ2v) is 8.65. The van der Waals surface area contributed by atoms with E-state index >= 15 is 0 Å². The second-order valence-electron chi connectivity index (χ2n) is 5.66. The van der Waals surface area contributed by atoms with E-state index in [1.807, 2.05) is 0 Å². The van der Waals surface area contributed by atoms with Gasteiger partial charge in [0.25, 0.3) is 0 Å².